The number of nitrogens with two attached hydrogens (primary N) is 2. The molecule has 2 rings (SSSR count). The van der Waals surface area contributed by atoms with Crippen molar-refractivity contribution in [1.82, 2.24) is 10.6 Å². The van der Waals surface area contributed by atoms with Crippen molar-refractivity contribution in [2.75, 3.05) is 12.3 Å². The van der Waals surface area contributed by atoms with Gasteiger partial charge in [-0.1, -0.05) is 12.8 Å². The maximum atomic E-state index is 11.1. The van der Waals surface area contributed by atoms with Crippen LogP contribution in [0.2, 0.25) is 0 Å². The summed E-state index contributed by atoms with van der Waals surface area (Å²) in [5.74, 6) is -0.697. The Morgan fingerprint density at radius 3 is 2.54 bits per heavy atom. The third kappa shape index (κ3) is 8.24. The van der Waals surface area contributed by atoms with E-state index < -0.39 is 18.0 Å². The Labute approximate surface area is 157 Å². The van der Waals surface area contributed by atoms with Gasteiger partial charge in [-0.15, -0.1) is 0 Å². The van der Waals surface area contributed by atoms with Gasteiger partial charge in [-0.25, -0.2) is 4.79 Å². The van der Waals surface area contributed by atoms with Crippen molar-refractivity contribution in [3.63, 3.8) is 0 Å². The zero-order valence-corrected chi connectivity index (χ0v) is 15.7. The molecule has 2 aliphatic heterocycles. The topological polar surface area (TPSA) is 168 Å². The molecule has 0 radical (unpaired) electrons. The van der Waals surface area contributed by atoms with Gasteiger partial charge >= 0.3 is 18.0 Å². The maximum absolute atomic E-state index is 11.1. The van der Waals surface area contributed by atoms with E-state index in [1.165, 1.54) is 0 Å². The molecule has 8 N–H and O–H groups in total. The third-order valence-electron chi connectivity index (χ3n) is 4.35. The van der Waals surface area contributed by atoms with Crippen LogP contribution >= 0.6 is 11.8 Å². The Hall–Kier alpha value is -1.52. The number of carbonyl (C=O) groups is 3. The van der Waals surface area contributed by atoms with Gasteiger partial charge in [-0.2, -0.15) is 11.8 Å². The minimum atomic E-state index is -0.933. The molecule has 2 fully saturated rings. The van der Waals surface area contributed by atoms with E-state index in [1.807, 2.05) is 11.8 Å². The highest BCUT2D eigenvalue weighted by Gasteiger charge is 2.42. The van der Waals surface area contributed by atoms with Crippen molar-refractivity contribution in [2.24, 2.45) is 11.5 Å². The lowest BCUT2D eigenvalue weighted by atomic mass is 10.0. The summed E-state index contributed by atoms with van der Waals surface area (Å²) < 4.78 is 0. The number of thioether (sulfide) groups is 1. The third-order valence-corrected chi connectivity index (χ3v) is 5.86. The molecule has 10 heteroatoms. The molecule has 0 aromatic rings. The lowest BCUT2D eigenvalue weighted by molar-refractivity contribution is -0.139. The molecular formula is C16H30N4O5S. The normalized spacial score (nSPS) is 24.7. The average molecular weight is 391 g/mol. The van der Waals surface area contributed by atoms with Crippen LogP contribution in [0.15, 0.2) is 0 Å². The number of aliphatic carboxylic acids is 2. The van der Waals surface area contributed by atoms with Crippen molar-refractivity contribution in [2.45, 2.75) is 68.3 Å². The molecule has 0 spiro atoms. The number of urea groups is 1. The van der Waals surface area contributed by atoms with E-state index in [-0.39, 0.29) is 24.5 Å². The Morgan fingerprint density at radius 2 is 1.92 bits per heavy atom. The van der Waals surface area contributed by atoms with E-state index in [1.54, 1.807) is 0 Å². The monoisotopic (exact) mass is 390 g/mol. The fourth-order valence-corrected chi connectivity index (χ4v) is 4.44. The molecule has 2 aliphatic rings. The van der Waals surface area contributed by atoms with E-state index in [9.17, 15) is 14.4 Å². The average Bonchev–Trinajstić information content (AvgIpc) is 3.11. The molecule has 0 aromatic carbocycles. The fourth-order valence-electron chi connectivity index (χ4n) is 2.90. The molecule has 9 nitrogen and oxygen atoms in total. The van der Waals surface area contributed by atoms with Crippen LogP contribution < -0.4 is 22.1 Å². The van der Waals surface area contributed by atoms with E-state index in [0.717, 1.165) is 37.9 Å². The smallest absolute Gasteiger partial charge is 0.320 e. The van der Waals surface area contributed by atoms with Gasteiger partial charge in [0.25, 0.3) is 0 Å². The van der Waals surface area contributed by atoms with Gasteiger partial charge in [0.1, 0.15) is 6.04 Å². The van der Waals surface area contributed by atoms with Crippen molar-refractivity contribution in [3.8, 4) is 0 Å². The standard InChI is InChI=1S/C10H16N2O3S.C6H14N2O2/c13-8(14)4-2-1-3-7-9-6(5-16-7)11-10(15)12-9;7-4-2-1-3-5(8)6(9)10/h6-7,9H,1-5H2,(H,13,14)(H2,11,12,15);5H,1-4,7-8H2,(H,9,10)/t6-,7-,9-;/m1./s1. The van der Waals surface area contributed by atoms with Gasteiger partial charge < -0.3 is 32.3 Å². The summed E-state index contributed by atoms with van der Waals surface area (Å²) in [7, 11) is 0. The van der Waals surface area contributed by atoms with Crippen molar-refractivity contribution >= 4 is 29.7 Å². The molecular weight excluding hydrogens is 360 g/mol. The summed E-state index contributed by atoms with van der Waals surface area (Å²) in [6, 6.07) is -0.276. The van der Waals surface area contributed by atoms with Crippen LogP contribution in [0.5, 0.6) is 0 Å². The number of carboxylic acid groups (broad SMARTS) is 2. The van der Waals surface area contributed by atoms with Gasteiger partial charge in [0.05, 0.1) is 12.1 Å². The van der Waals surface area contributed by atoms with Gasteiger partial charge in [0, 0.05) is 17.4 Å². The molecule has 0 aromatic heterocycles. The summed E-state index contributed by atoms with van der Waals surface area (Å²) in [4.78, 5) is 31.6. The van der Waals surface area contributed by atoms with Crippen molar-refractivity contribution < 1.29 is 24.6 Å². The predicted molar refractivity (Wildman–Crippen MR) is 100 cm³/mol. The zero-order chi connectivity index (χ0) is 19.5. The first-order valence-electron chi connectivity index (χ1n) is 8.94. The van der Waals surface area contributed by atoms with Gasteiger partial charge in [-0.05, 0) is 32.2 Å². The number of fused-ring (bicyclic) bond motifs is 1. The second-order valence-corrected chi connectivity index (χ2v) is 7.76. The number of hydrogen-bond acceptors (Lipinski definition) is 6. The summed E-state index contributed by atoms with van der Waals surface area (Å²) in [5, 5.41) is 23.1. The Morgan fingerprint density at radius 1 is 1.19 bits per heavy atom. The van der Waals surface area contributed by atoms with Crippen molar-refractivity contribution in [1.29, 1.82) is 0 Å². The highest BCUT2D eigenvalue weighted by molar-refractivity contribution is 8.00. The maximum Gasteiger partial charge on any atom is 0.320 e. The second kappa shape index (κ2) is 12.0. The number of nitrogens with one attached hydrogen (secondary N) is 2. The van der Waals surface area contributed by atoms with E-state index in [2.05, 4.69) is 10.6 Å². The highest BCUT2D eigenvalue weighted by atomic mass is 32.2. The molecule has 2 amide bonds. The molecule has 0 bridgehead atoms. The fraction of sp³-hybridized carbons (Fsp3) is 0.812. The van der Waals surface area contributed by atoms with Crippen molar-refractivity contribution in [3.05, 3.63) is 0 Å². The van der Waals surface area contributed by atoms with E-state index >= 15 is 0 Å². The van der Waals surface area contributed by atoms with Crippen LogP contribution in [-0.2, 0) is 9.59 Å². The number of amides is 2. The first-order valence-corrected chi connectivity index (χ1v) is 9.99. The summed E-state index contributed by atoms with van der Waals surface area (Å²) in [6.45, 7) is 0.604. The molecule has 2 heterocycles. The van der Waals surface area contributed by atoms with Gasteiger partial charge in [-0.3, -0.25) is 9.59 Å². The Kier molecular flexibility index (Phi) is 10.4. The molecule has 0 aliphatic carbocycles. The molecule has 150 valence electrons. The lowest BCUT2D eigenvalue weighted by Gasteiger charge is -2.16. The largest absolute Gasteiger partial charge is 0.481 e. The number of carbonyl (C=O) groups excluding carboxylic acids is 1. The second-order valence-electron chi connectivity index (χ2n) is 6.49. The predicted octanol–water partition coefficient (Wildman–Crippen LogP) is 0.324. The quantitative estimate of drug-likeness (QED) is 0.229. The number of hydrogen-bond donors (Lipinski definition) is 6. The van der Waals surface area contributed by atoms with Crippen LogP contribution in [-0.4, -0.2) is 63.9 Å². The van der Waals surface area contributed by atoms with Gasteiger partial charge in [0.2, 0.25) is 0 Å². The summed E-state index contributed by atoms with van der Waals surface area (Å²) in [5.41, 5.74) is 10.4. The highest BCUT2D eigenvalue weighted by Crippen LogP contribution is 2.33. The van der Waals surface area contributed by atoms with Crippen LogP contribution in [0.1, 0.15) is 44.9 Å². The number of carboxylic acids is 2. The Bertz CT molecular complexity index is 480. The van der Waals surface area contributed by atoms with E-state index in [0.29, 0.717) is 18.2 Å². The first kappa shape index (κ1) is 22.5. The van der Waals surface area contributed by atoms with E-state index in [4.69, 9.17) is 21.7 Å². The molecule has 26 heavy (non-hydrogen) atoms. The lowest BCUT2D eigenvalue weighted by Crippen LogP contribution is -2.36. The van der Waals surface area contributed by atoms with Crippen LogP contribution in [0, 0.1) is 0 Å². The summed E-state index contributed by atoms with van der Waals surface area (Å²) in [6.07, 6.45) is 5.04. The molecule has 2 saturated heterocycles. The molecule has 1 unspecified atom stereocenters. The SMILES string of the molecule is NCCCCC(N)C(=O)O.O=C(O)CCCC[C@H]1SC[C@H]2NC(=O)N[C@H]21. The first-order chi connectivity index (χ1) is 12.3. The van der Waals surface area contributed by atoms with Crippen LogP contribution in [0.25, 0.3) is 0 Å². The summed E-state index contributed by atoms with van der Waals surface area (Å²) >= 11 is 1.87. The Balaban J connectivity index is 0.000000294. The van der Waals surface area contributed by atoms with Crippen LogP contribution in [0.3, 0.4) is 0 Å². The number of unbranched alkanes of at least 4 members (excludes halogenated alkanes) is 2. The zero-order valence-electron chi connectivity index (χ0n) is 14.9. The minimum Gasteiger partial charge on any atom is -0.481 e. The number of rotatable bonds is 10. The molecule has 4 atom stereocenters. The van der Waals surface area contributed by atoms with Gasteiger partial charge in [0.15, 0.2) is 0 Å². The molecule has 0 saturated carbocycles. The van der Waals surface area contributed by atoms with Crippen LogP contribution in [0.4, 0.5) is 4.79 Å². The minimum absolute atomic E-state index is 0.0640.